The van der Waals surface area contributed by atoms with Crippen molar-refractivity contribution in [3.63, 3.8) is 0 Å². The molecule has 1 fully saturated rings. The lowest BCUT2D eigenvalue weighted by molar-refractivity contribution is -0.122. The smallest absolute Gasteiger partial charge is 0.280 e. The summed E-state index contributed by atoms with van der Waals surface area (Å²) in [5.41, 5.74) is 1.29. The standard InChI is InChI=1S/C22H31N5O4/c1-13(2)25-11-15-19(21(25)30)26(12-17(28)23-10-14-7-6-8-31-14)18-9-16(22(3,4)5)24-27(18)20(15)29/h9,13-14H,6-8,10-12H2,1-5H3,(H,23,28)/t14-/m0/s1. The van der Waals surface area contributed by atoms with Crippen molar-refractivity contribution in [2.45, 2.75) is 78.1 Å². The van der Waals surface area contributed by atoms with Crippen LogP contribution in [0.4, 0.5) is 0 Å². The van der Waals surface area contributed by atoms with Crippen molar-refractivity contribution in [3.05, 3.63) is 33.4 Å². The zero-order valence-corrected chi connectivity index (χ0v) is 18.9. The Balaban J connectivity index is 1.77. The molecule has 0 aromatic carbocycles. The van der Waals surface area contributed by atoms with Gasteiger partial charge in [0, 0.05) is 30.7 Å². The number of amides is 2. The molecular formula is C22H31N5O4. The third-order valence-corrected chi connectivity index (χ3v) is 6.01. The van der Waals surface area contributed by atoms with E-state index in [0.29, 0.717) is 23.4 Å². The molecule has 168 valence electrons. The van der Waals surface area contributed by atoms with Gasteiger partial charge in [-0.3, -0.25) is 14.4 Å². The predicted molar refractivity (Wildman–Crippen MR) is 115 cm³/mol. The summed E-state index contributed by atoms with van der Waals surface area (Å²) < 4.78 is 8.56. The summed E-state index contributed by atoms with van der Waals surface area (Å²) in [6.07, 6.45) is 1.96. The second kappa shape index (κ2) is 7.78. The largest absolute Gasteiger partial charge is 0.376 e. The summed E-state index contributed by atoms with van der Waals surface area (Å²) in [6, 6.07) is 1.75. The average molecular weight is 430 g/mol. The number of fused-ring (bicyclic) bond motifs is 2. The van der Waals surface area contributed by atoms with Gasteiger partial charge in [0.25, 0.3) is 11.5 Å². The average Bonchev–Trinajstić information content (AvgIpc) is 3.41. The molecule has 2 aliphatic heterocycles. The number of nitrogens with one attached hydrogen (secondary N) is 1. The first-order valence-corrected chi connectivity index (χ1v) is 10.9. The fourth-order valence-electron chi connectivity index (χ4n) is 4.16. The number of nitrogens with zero attached hydrogens (tertiary/aromatic N) is 4. The maximum atomic E-state index is 13.2. The van der Waals surface area contributed by atoms with Crippen LogP contribution in [0.2, 0.25) is 0 Å². The number of aromatic nitrogens is 3. The van der Waals surface area contributed by atoms with E-state index in [-0.39, 0.29) is 48.0 Å². The molecule has 2 amide bonds. The van der Waals surface area contributed by atoms with Crippen molar-refractivity contribution in [1.29, 1.82) is 0 Å². The van der Waals surface area contributed by atoms with Gasteiger partial charge in [0.1, 0.15) is 17.9 Å². The minimum atomic E-state index is -0.298. The van der Waals surface area contributed by atoms with E-state index in [2.05, 4.69) is 10.4 Å². The molecule has 0 spiro atoms. The summed E-state index contributed by atoms with van der Waals surface area (Å²) in [7, 11) is 0. The van der Waals surface area contributed by atoms with Crippen LogP contribution in [-0.2, 0) is 28.0 Å². The monoisotopic (exact) mass is 429 g/mol. The second-order valence-corrected chi connectivity index (χ2v) is 9.73. The lowest BCUT2D eigenvalue weighted by Crippen LogP contribution is -2.36. The molecule has 1 atom stereocenters. The third kappa shape index (κ3) is 3.86. The maximum Gasteiger partial charge on any atom is 0.280 e. The summed E-state index contributed by atoms with van der Waals surface area (Å²) in [6.45, 7) is 11.2. The van der Waals surface area contributed by atoms with E-state index in [9.17, 15) is 14.4 Å². The first-order valence-electron chi connectivity index (χ1n) is 10.9. The van der Waals surface area contributed by atoms with Gasteiger partial charge in [-0.15, -0.1) is 0 Å². The number of rotatable bonds is 5. The van der Waals surface area contributed by atoms with E-state index in [4.69, 9.17) is 4.74 Å². The molecule has 2 aliphatic rings. The molecule has 0 radical (unpaired) electrons. The Morgan fingerprint density at radius 2 is 2.06 bits per heavy atom. The Labute approximate surface area is 181 Å². The molecule has 2 aromatic heterocycles. The minimum Gasteiger partial charge on any atom is -0.376 e. The van der Waals surface area contributed by atoms with Crippen molar-refractivity contribution in [1.82, 2.24) is 24.4 Å². The SMILES string of the molecule is CC(C)N1Cc2c(n(CC(=O)NC[C@@H]3CCCO3)c3cc(C(C)(C)C)nn3c2=O)C1=O. The van der Waals surface area contributed by atoms with Gasteiger partial charge >= 0.3 is 0 Å². The van der Waals surface area contributed by atoms with E-state index in [1.807, 2.05) is 34.6 Å². The number of carbonyl (C=O) groups is 2. The highest BCUT2D eigenvalue weighted by Gasteiger charge is 2.36. The predicted octanol–water partition coefficient (Wildman–Crippen LogP) is 1.45. The van der Waals surface area contributed by atoms with Crippen LogP contribution in [-0.4, -0.2) is 56.2 Å². The van der Waals surface area contributed by atoms with Crippen LogP contribution in [0.1, 0.15) is 69.2 Å². The highest BCUT2D eigenvalue weighted by atomic mass is 16.5. The third-order valence-electron chi connectivity index (χ3n) is 6.01. The zero-order valence-electron chi connectivity index (χ0n) is 18.9. The van der Waals surface area contributed by atoms with Gasteiger partial charge in [-0.05, 0) is 26.7 Å². The molecule has 1 N–H and O–H groups in total. The zero-order chi connectivity index (χ0) is 22.5. The van der Waals surface area contributed by atoms with Crippen LogP contribution < -0.4 is 10.9 Å². The lowest BCUT2D eigenvalue weighted by atomic mass is 9.93. The van der Waals surface area contributed by atoms with Gasteiger partial charge in [0.05, 0.1) is 23.9 Å². The minimum absolute atomic E-state index is 0.0317. The lowest BCUT2D eigenvalue weighted by Gasteiger charge is -2.20. The molecular weight excluding hydrogens is 398 g/mol. The van der Waals surface area contributed by atoms with Crippen LogP contribution in [0.15, 0.2) is 10.9 Å². The molecule has 4 rings (SSSR count). The van der Waals surface area contributed by atoms with E-state index >= 15 is 0 Å². The number of ether oxygens (including phenoxy) is 1. The fourth-order valence-corrected chi connectivity index (χ4v) is 4.16. The van der Waals surface area contributed by atoms with E-state index < -0.39 is 0 Å². The molecule has 0 saturated carbocycles. The molecule has 31 heavy (non-hydrogen) atoms. The van der Waals surface area contributed by atoms with Crippen molar-refractivity contribution in [2.75, 3.05) is 13.2 Å². The first-order chi connectivity index (χ1) is 14.6. The van der Waals surface area contributed by atoms with Crippen LogP contribution in [0.5, 0.6) is 0 Å². The number of hydrogen-bond donors (Lipinski definition) is 1. The van der Waals surface area contributed by atoms with Crippen molar-refractivity contribution >= 4 is 17.5 Å². The summed E-state index contributed by atoms with van der Waals surface area (Å²) in [4.78, 5) is 40.8. The molecule has 0 aliphatic carbocycles. The number of hydrogen-bond acceptors (Lipinski definition) is 5. The summed E-state index contributed by atoms with van der Waals surface area (Å²) in [5.74, 6) is -0.451. The second-order valence-electron chi connectivity index (χ2n) is 9.73. The highest BCUT2D eigenvalue weighted by molar-refractivity contribution is 5.98. The van der Waals surface area contributed by atoms with E-state index in [1.54, 1.807) is 15.5 Å². The summed E-state index contributed by atoms with van der Waals surface area (Å²) >= 11 is 0. The van der Waals surface area contributed by atoms with Crippen molar-refractivity contribution in [2.24, 2.45) is 0 Å². The molecule has 4 heterocycles. The van der Waals surface area contributed by atoms with Crippen molar-refractivity contribution < 1.29 is 14.3 Å². The molecule has 0 unspecified atom stereocenters. The normalized spacial score (nSPS) is 19.0. The molecule has 2 aromatic rings. The molecule has 9 nitrogen and oxygen atoms in total. The first kappa shape index (κ1) is 21.5. The van der Waals surface area contributed by atoms with Gasteiger partial charge in [0.15, 0.2) is 0 Å². The molecule has 9 heteroatoms. The Morgan fingerprint density at radius 1 is 1.32 bits per heavy atom. The van der Waals surface area contributed by atoms with Gasteiger partial charge in [-0.2, -0.15) is 9.61 Å². The van der Waals surface area contributed by atoms with E-state index in [0.717, 1.165) is 25.1 Å². The van der Waals surface area contributed by atoms with Crippen LogP contribution in [0, 0.1) is 0 Å². The Morgan fingerprint density at radius 3 is 2.68 bits per heavy atom. The van der Waals surface area contributed by atoms with Crippen LogP contribution in [0.25, 0.3) is 5.65 Å². The summed E-state index contributed by atoms with van der Waals surface area (Å²) in [5, 5.41) is 7.45. The quantitative estimate of drug-likeness (QED) is 0.776. The Kier molecular flexibility index (Phi) is 5.41. The maximum absolute atomic E-state index is 13.2. The Hall–Kier alpha value is -2.68. The number of carbonyl (C=O) groups excluding carboxylic acids is 2. The molecule has 0 bridgehead atoms. The van der Waals surface area contributed by atoms with Gasteiger partial charge in [-0.25, -0.2) is 0 Å². The van der Waals surface area contributed by atoms with Gasteiger partial charge in [-0.1, -0.05) is 20.8 Å². The van der Waals surface area contributed by atoms with Gasteiger partial charge < -0.3 is 19.5 Å². The van der Waals surface area contributed by atoms with Crippen molar-refractivity contribution in [3.8, 4) is 0 Å². The fraction of sp³-hybridized carbons (Fsp3) is 0.636. The topological polar surface area (TPSA) is 97.9 Å². The van der Waals surface area contributed by atoms with Crippen LogP contribution >= 0.6 is 0 Å². The van der Waals surface area contributed by atoms with Crippen LogP contribution in [0.3, 0.4) is 0 Å². The highest BCUT2D eigenvalue weighted by Crippen LogP contribution is 2.27. The van der Waals surface area contributed by atoms with Gasteiger partial charge in [0.2, 0.25) is 5.91 Å². The Bertz CT molecular complexity index is 1090. The molecule has 1 saturated heterocycles. The van der Waals surface area contributed by atoms with E-state index in [1.165, 1.54) is 4.52 Å².